The van der Waals surface area contributed by atoms with E-state index in [4.69, 9.17) is 9.97 Å². The van der Waals surface area contributed by atoms with E-state index in [1.54, 1.807) is 0 Å². The van der Waals surface area contributed by atoms with Crippen molar-refractivity contribution < 1.29 is 0 Å². The van der Waals surface area contributed by atoms with Gasteiger partial charge in [-0.1, -0.05) is 166 Å². The van der Waals surface area contributed by atoms with Crippen LogP contribution in [-0.2, 0) is 5.41 Å². The third-order valence-electron chi connectivity index (χ3n) is 10.1. The van der Waals surface area contributed by atoms with Gasteiger partial charge in [-0.15, -0.1) is 0 Å². The fraction of sp³-hybridized carbons (Fsp3) is 0.0638. The van der Waals surface area contributed by atoms with Gasteiger partial charge in [0, 0.05) is 22.1 Å². The first-order chi connectivity index (χ1) is 24.0. The lowest BCUT2D eigenvalue weighted by Gasteiger charge is -2.23. The first-order valence-electron chi connectivity index (χ1n) is 16.9. The van der Waals surface area contributed by atoms with Crippen LogP contribution in [0.5, 0.6) is 0 Å². The number of hydrogen-bond acceptors (Lipinski definition) is 2. The molecule has 0 spiro atoms. The fourth-order valence-corrected chi connectivity index (χ4v) is 7.56. The molecule has 1 aliphatic carbocycles. The quantitative estimate of drug-likeness (QED) is 0.190. The SMILES string of the molecule is CC1(C)c2ccccc2-c2cc(-c3cccc4ccccc34)c(-c3ccc(-c4cc(-c5ccccc5)nc(-c5ccccc5)n4)cc3)cc21. The second-order valence-electron chi connectivity index (χ2n) is 13.4. The number of hydrogen-bond donors (Lipinski definition) is 0. The Bertz CT molecular complexity index is 2430. The lowest BCUT2D eigenvalue weighted by Crippen LogP contribution is -2.15. The maximum absolute atomic E-state index is 5.08. The smallest absolute Gasteiger partial charge is 0.160 e. The average Bonchev–Trinajstić information content (AvgIpc) is 3.40. The molecule has 0 saturated carbocycles. The highest BCUT2D eigenvalue weighted by atomic mass is 14.9. The Morgan fingerprint density at radius 1 is 0.367 bits per heavy atom. The van der Waals surface area contributed by atoms with Crippen molar-refractivity contribution in [3.8, 4) is 67.3 Å². The van der Waals surface area contributed by atoms with E-state index in [1.165, 1.54) is 55.3 Å². The Balaban J connectivity index is 1.22. The van der Waals surface area contributed by atoms with Crippen molar-refractivity contribution in [3.05, 3.63) is 181 Å². The molecule has 0 atom stereocenters. The minimum Gasteiger partial charge on any atom is -0.228 e. The molecule has 2 nitrogen and oxygen atoms in total. The maximum Gasteiger partial charge on any atom is 0.160 e. The van der Waals surface area contributed by atoms with E-state index < -0.39 is 0 Å². The fourth-order valence-electron chi connectivity index (χ4n) is 7.56. The van der Waals surface area contributed by atoms with E-state index >= 15 is 0 Å². The van der Waals surface area contributed by atoms with Crippen molar-refractivity contribution >= 4 is 10.8 Å². The van der Waals surface area contributed by atoms with Gasteiger partial charge in [-0.25, -0.2) is 9.97 Å². The van der Waals surface area contributed by atoms with Crippen LogP contribution in [0.1, 0.15) is 25.0 Å². The summed E-state index contributed by atoms with van der Waals surface area (Å²) in [5, 5.41) is 2.51. The van der Waals surface area contributed by atoms with Gasteiger partial charge >= 0.3 is 0 Å². The highest BCUT2D eigenvalue weighted by Crippen LogP contribution is 2.52. The normalized spacial score (nSPS) is 12.9. The third kappa shape index (κ3) is 4.96. The van der Waals surface area contributed by atoms with Gasteiger partial charge in [0.1, 0.15) is 0 Å². The first-order valence-corrected chi connectivity index (χ1v) is 16.9. The largest absolute Gasteiger partial charge is 0.228 e. The Kier molecular flexibility index (Phi) is 6.84. The Morgan fingerprint density at radius 2 is 0.939 bits per heavy atom. The highest BCUT2D eigenvalue weighted by Gasteiger charge is 2.36. The molecule has 0 saturated heterocycles. The lowest BCUT2D eigenvalue weighted by atomic mass is 9.80. The average molecular weight is 627 g/mol. The molecule has 0 N–H and O–H groups in total. The molecule has 1 aliphatic rings. The van der Waals surface area contributed by atoms with Gasteiger partial charge < -0.3 is 0 Å². The summed E-state index contributed by atoms with van der Waals surface area (Å²) in [4.78, 5) is 10.1. The lowest BCUT2D eigenvalue weighted by molar-refractivity contribution is 0.660. The minimum absolute atomic E-state index is 0.0967. The van der Waals surface area contributed by atoms with Gasteiger partial charge in [-0.05, 0) is 73.5 Å². The van der Waals surface area contributed by atoms with Crippen LogP contribution in [0, 0.1) is 0 Å². The topological polar surface area (TPSA) is 25.8 Å². The zero-order valence-electron chi connectivity index (χ0n) is 27.6. The number of aromatic nitrogens is 2. The van der Waals surface area contributed by atoms with Gasteiger partial charge in [0.25, 0.3) is 0 Å². The highest BCUT2D eigenvalue weighted by molar-refractivity contribution is 6.02. The molecule has 1 heterocycles. The van der Waals surface area contributed by atoms with Gasteiger partial charge in [-0.3, -0.25) is 0 Å². The summed E-state index contributed by atoms with van der Waals surface area (Å²) < 4.78 is 0. The van der Waals surface area contributed by atoms with E-state index in [0.717, 1.165) is 33.9 Å². The number of nitrogens with zero attached hydrogens (tertiary/aromatic N) is 2. The Hall–Kier alpha value is -6.12. The predicted molar refractivity (Wildman–Crippen MR) is 204 cm³/mol. The zero-order valence-corrected chi connectivity index (χ0v) is 27.6. The first kappa shape index (κ1) is 29.1. The van der Waals surface area contributed by atoms with Crippen LogP contribution >= 0.6 is 0 Å². The van der Waals surface area contributed by atoms with Crippen molar-refractivity contribution in [1.82, 2.24) is 9.97 Å². The third-order valence-corrected chi connectivity index (χ3v) is 10.1. The summed E-state index contributed by atoms with van der Waals surface area (Å²) in [6.07, 6.45) is 0. The molecular formula is C47H34N2. The molecule has 8 aromatic rings. The van der Waals surface area contributed by atoms with Gasteiger partial charge in [0.05, 0.1) is 11.4 Å². The molecule has 0 amide bonds. The summed E-state index contributed by atoms with van der Waals surface area (Å²) in [5.74, 6) is 0.722. The second kappa shape index (κ2) is 11.5. The molecule has 0 aliphatic heterocycles. The van der Waals surface area contributed by atoms with Gasteiger partial charge in [-0.2, -0.15) is 0 Å². The summed E-state index contributed by atoms with van der Waals surface area (Å²) in [5.41, 5.74) is 15.2. The number of fused-ring (bicyclic) bond motifs is 4. The van der Waals surface area contributed by atoms with Gasteiger partial charge in [0.2, 0.25) is 0 Å². The Morgan fingerprint density at radius 3 is 1.69 bits per heavy atom. The number of rotatable bonds is 5. The minimum atomic E-state index is -0.0967. The van der Waals surface area contributed by atoms with Crippen LogP contribution in [0.3, 0.4) is 0 Å². The number of benzene rings is 7. The van der Waals surface area contributed by atoms with Crippen molar-refractivity contribution in [3.63, 3.8) is 0 Å². The molecule has 2 heteroatoms. The maximum atomic E-state index is 5.08. The van der Waals surface area contributed by atoms with Crippen molar-refractivity contribution in [2.45, 2.75) is 19.3 Å². The standard InChI is InChI=1S/C47H34N2/c1-47(2)42-23-12-11-21-38(42)41-28-40(37-22-13-19-31-14-9-10-20-36(31)37)39(29-43(41)47)32-24-26-34(27-25-32)45-30-44(33-15-5-3-6-16-33)48-46(49-45)35-17-7-4-8-18-35/h3-30H,1-2H3. The summed E-state index contributed by atoms with van der Waals surface area (Å²) >= 11 is 0. The van der Waals surface area contributed by atoms with E-state index in [0.29, 0.717) is 0 Å². The summed E-state index contributed by atoms with van der Waals surface area (Å²) in [6, 6.07) is 60.8. The van der Waals surface area contributed by atoms with E-state index in [2.05, 4.69) is 159 Å². The van der Waals surface area contributed by atoms with Gasteiger partial charge in [0.15, 0.2) is 5.82 Å². The predicted octanol–water partition coefficient (Wildman–Crippen LogP) is 12.3. The van der Waals surface area contributed by atoms with Crippen LogP contribution in [0.4, 0.5) is 0 Å². The van der Waals surface area contributed by atoms with Crippen molar-refractivity contribution in [1.29, 1.82) is 0 Å². The Labute approximate surface area is 287 Å². The van der Waals surface area contributed by atoms with Crippen molar-refractivity contribution in [2.24, 2.45) is 0 Å². The molecule has 7 aromatic carbocycles. The zero-order chi connectivity index (χ0) is 33.0. The molecule has 0 bridgehead atoms. The summed E-state index contributed by atoms with van der Waals surface area (Å²) in [6.45, 7) is 4.71. The van der Waals surface area contributed by atoms with Crippen LogP contribution in [-0.4, -0.2) is 9.97 Å². The van der Waals surface area contributed by atoms with Crippen LogP contribution in [0.25, 0.3) is 78.1 Å². The van der Waals surface area contributed by atoms with Crippen molar-refractivity contribution in [2.75, 3.05) is 0 Å². The molecule has 0 fully saturated rings. The molecule has 1 aromatic heterocycles. The molecular weight excluding hydrogens is 593 g/mol. The van der Waals surface area contributed by atoms with E-state index in [-0.39, 0.29) is 5.41 Å². The molecule has 232 valence electrons. The summed E-state index contributed by atoms with van der Waals surface area (Å²) in [7, 11) is 0. The van der Waals surface area contributed by atoms with Crippen LogP contribution in [0.2, 0.25) is 0 Å². The molecule has 49 heavy (non-hydrogen) atoms. The van der Waals surface area contributed by atoms with E-state index in [9.17, 15) is 0 Å². The van der Waals surface area contributed by atoms with Crippen LogP contribution < -0.4 is 0 Å². The molecule has 0 radical (unpaired) electrons. The molecule has 0 unspecified atom stereocenters. The second-order valence-corrected chi connectivity index (χ2v) is 13.4. The van der Waals surface area contributed by atoms with Crippen LogP contribution in [0.15, 0.2) is 170 Å². The van der Waals surface area contributed by atoms with E-state index in [1.807, 2.05) is 24.3 Å². The molecule has 9 rings (SSSR count). The monoisotopic (exact) mass is 626 g/mol.